The van der Waals surface area contributed by atoms with Crippen LogP contribution in [0.1, 0.15) is 36.1 Å². The van der Waals surface area contributed by atoms with Crippen LogP contribution in [0, 0.1) is 5.92 Å². The molecule has 5 heteroatoms. The summed E-state index contributed by atoms with van der Waals surface area (Å²) in [4.78, 5) is 0. The van der Waals surface area contributed by atoms with Crippen LogP contribution in [0.3, 0.4) is 0 Å². The summed E-state index contributed by atoms with van der Waals surface area (Å²) in [7, 11) is 0. The summed E-state index contributed by atoms with van der Waals surface area (Å²) in [5.41, 5.74) is 4.43. The number of ether oxygens (including phenoxy) is 5. The van der Waals surface area contributed by atoms with Crippen molar-refractivity contribution in [2.45, 2.75) is 70.8 Å². The zero-order valence-corrected chi connectivity index (χ0v) is 24.6. The van der Waals surface area contributed by atoms with Crippen molar-refractivity contribution in [3.8, 4) is 0 Å². The third kappa shape index (κ3) is 8.60. The molecular formula is C37H42O5. The van der Waals surface area contributed by atoms with E-state index in [1.165, 1.54) is 0 Å². The quantitative estimate of drug-likeness (QED) is 0.159. The van der Waals surface area contributed by atoms with Gasteiger partial charge in [-0.05, 0) is 28.2 Å². The SMILES string of the molecule is CC(C)[C@@H]1O[C@H](COCc2ccccc2)[C@H](OCc2ccccc2)[C@H](OCc2ccccc2)[C@H]1OCc1ccccc1. The van der Waals surface area contributed by atoms with Crippen LogP contribution < -0.4 is 0 Å². The lowest BCUT2D eigenvalue weighted by atomic mass is 9.88. The Morgan fingerprint density at radius 3 is 1.31 bits per heavy atom. The van der Waals surface area contributed by atoms with Gasteiger partial charge in [0.1, 0.15) is 24.4 Å². The van der Waals surface area contributed by atoms with Gasteiger partial charge >= 0.3 is 0 Å². The highest BCUT2D eigenvalue weighted by atomic mass is 16.6. The van der Waals surface area contributed by atoms with E-state index in [4.69, 9.17) is 23.7 Å². The van der Waals surface area contributed by atoms with E-state index in [1.54, 1.807) is 0 Å². The molecule has 0 bridgehead atoms. The normalized spacial score (nSPS) is 22.3. The minimum absolute atomic E-state index is 0.195. The second kappa shape index (κ2) is 15.8. The highest BCUT2D eigenvalue weighted by molar-refractivity contribution is 5.16. The Morgan fingerprint density at radius 2 is 0.881 bits per heavy atom. The molecule has 0 aliphatic carbocycles. The molecule has 5 atom stereocenters. The van der Waals surface area contributed by atoms with Crippen LogP contribution in [0.5, 0.6) is 0 Å². The highest BCUT2D eigenvalue weighted by Gasteiger charge is 2.49. The second-order valence-corrected chi connectivity index (χ2v) is 11.2. The van der Waals surface area contributed by atoms with Crippen molar-refractivity contribution in [2.24, 2.45) is 5.92 Å². The summed E-state index contributed by atoms with van der Waals surface area (Å²) in [6, 6.07) is 40.9. The standard InChI is InChI=1S/C37H42O5/c1-28(2)34-36(40-25-31-19-11-5-12-20-31)37(41-26-32-21-13-6-14-22-32)35(39-24-30-17-9-4-10-18-30)33(42-34)27-38-23-29-15-7-3-8-16-29/h3-22,28,33-37H,23-27H2,1-2H3/t33-,34+,35+,36+,37+/m1/s1. The lowest BCUT2D eigenvalue weighted by molar-refractivity contribution is -0.279. The molecule has 0 saturated carbocycles. The molecule has 5 rings (SSSR count). The maximum Gasteiger partial charge on any atom is 0.115 e. The van der Waals surface area contributed by atoms with Gasteiger partial charge in [-0.3, -0.25) is 0 Å². The molecule has 0 aromatic heterocycles. The van der Waals surface area contributed by atoms with Crippen molar-refractivity contribution in [1.29, 1.82) is 0 Å². The van der Waals surface area contributed by atoms with E-state index in [-0.39, 0.29) is 30.3 Å². The monoisotopic (exact) mass is 566 g/mol. The molecule has 42 heavy (non-hydrogen) atoms. The lowest BCUT2D eigenvalue weighted by Crippen LogP contribution is -2.62. The third-order valence-corrected chi connectivity index (χ3v) is 7.58. The Balaban J connectivity index is 1.41. The summed E-state index contributed by atoms with van der Waals surface area (Å²) >= 11 is 0. The molecule has 4 aromatic carbocycles. The van der Waals surface area contributed by atoms with E-state index >= 15 is 0 Å². The molecule has 5 nitrogen and oxygen atoms in total. The van der Waals surface area contributed by atoms with Gasteiger partial charge in [0.25, 0.3) is 0 Å². The fraction of sp³-hybridized carbons (Fsp3) is 0.351. The first-order valence-electron chi connectivity index (χ1n) is 14.9. The maximum absolute atomic E-state index is 6.82. The molecule has 0 amide bonds. The van der Waals surface area contributed by atoms with E-state index in [2.05, 4.69) is 62.4 Å². The summed E-state index contributed by atoms with van der Waals surface area (Å²) < 4.78 is 33.2. The Hall–Kier alpha value is -3.32. The first-order valence-corrected chi connectivity index (χ1v) is 14.9. The van der Waals surface area contributed by atoms with Crippen molar-refractivity contribution in [3.63, 3.8) is 0 Å². The van der Waals surface area contributed by atoms with Gasteiger partial charge in [-0.2, -0.15) is 0 Å². The first kappa shape index (κ1) is 30.1. The average molecular weight is 567 g/mol. The molecule has 1 fully saturated rings. The summed E-state index contributed by atoms with van der Waals surface area (Å²) in [5, 5.41) is 0. The Labute approximate surface area is 250 Å². The highest BCUT2D eigenvalue weighted by Crippen LogP contribution is 2.33. The van der Waals surface area contributed by atoms with E-state index in [1.807, 2.05) is 72.8 Å². The largest absolute Gasteiger partial charge is 0.374 e. The molecule has 4 aromatic rings. The molecule has 0 spiro atoms. The molecule has 1 heterocycles. The van der Waals surface area contributed by atoms with Crippen LogP contribution in [0.25, 0.3) is 0 Å². The van der Waals surface area contributed by atoms with Gasteiger partial charge in [0.2, 0.25) is 0 Å². The maximum atomic E-state index is 6.82. The van der Waals surface area contributed by atoms with Crippen molar-refractivity contribution in [3.05, 3.63) is 144 Å². The summed E-state index contributed by atoms with van der Waals surface area (Å²) in [6.07, 6.45) is -1.64. The molecule has 0 unspecified atom stereocenters. The predicted molar refractivity (Wildman–Crippen MR) is 165 cm³/mol. The fourth-order valence-electron chi connectivity index (χ4n) is 5.36. The number of benzene rings is 4. The molecule has 1 saturated heterocycles. The van der Waals surface area contributed by atoms with E-state index in [0.29, 0.717) is 33.0 Å². The lowest BCUT2D eigenvalue weighted by Gasteiger charge is -2.47. The van der Waals surface area contributed by atoms with Crippen LogP contribution in [-0.4, -0.2) is 37.1 Å². The number of hydrogen-bond acceptors (Lipinski definition) is 5. The van der Waals surface area contributed by atoms with Crippen molar-refractivity contribution >= 4 is 0 Å². The van der Waals surface area contributed by atoms with Crippen LogP contribution in [0.4, 0.5) is 0 Å². The molecule has 220 valence electrons. The van der Waals surface area contributed by atoms with E-state index < -0.39 is 6.10 Å². The number of rotatable bonds is 14. The summed E-state index contributed by atoms with van der Waals surface area (Å²) in [6.45, 7) is 6.58. The zero-order valence-electron chi connectivity index (χ0n) is 24.6. The van der Waals surface area contributed by atoms with Gasteiger partial charge in [0.05, 0.1) is 39.1 Å². The summed E-state index contributed by atoms with van der Waals surface area (Å²) in [5.74, 6) is 0.195. The van der Waals surface area contributed by atoms with Crippen molar-refractivity contribution in [1.82, 2.24) is 0 Å². The molecular weight excluding hydrogens is 524 g/mol. The van der Waals surface area contributed by atoms with Crippen LogP contribution in [-0.2, 0) is 50.1 Å². The van der Waals surface area contributed by atoms with Gasteiger partial charge < -0.3 is 23.7 Å². The topological polar surface area (TPSA) is 46.2 Å². The van der Waals surface area contributed by atoms with Gasteiger partial charge in [-0.15, -0.1) is 0 Å². The first-order chi connectivity index (χ1) is 20.7. The van der Waals surface area contributed by atoms with E-state index in [9.17, 15) is 0 Å². The Morgan fingerprint density at radius 1 is 0.500 bits per heavy atom. The second-order valence-electron chi connectivity index (χ2n) is 11.2. The fourth-order valence-corrected chi connectivity index (χ4v) is 5.36. The number of hydrogen-bond donors (Lipinski definition) is 0. The molecule has 0 N–H and O–H groups in total. The van der Waals surface area contributed by atoms with Crippen molar-refractivity contribution in [2.75, 3.05) is 6.61 Å². The minimum atomic E-state index is -0.402. The molecule has 1 aliphatic rings. The van der Waals surface area contributed by atoms with E-state index in [0.717, 1.165) is 22.3 Å². The molecule has 0 radical (unpaired) electrons. The van der Waals surface area contributed by atoms with Crippen LogP contribution >= 0.6 is 0 Å². The smallest absolute Gasteiger partial charge is 0.115 e. The van der Waals surface area contributed by atoms with Gasteiger partial charge in [0.15, 0.2) is 0 Å². The average Bonchev–Trinajstić information content (AvgIpc) is 3.04. The van der Waals surface area contributed by atoms with Gasteiger partial charge in [0, 0.05) is 0 Å². The minimum Gasteiger partial charge on any atom is -0.374 e. The molecule has 1 aliphatic heterocycles. The van der Waals surface area contributed by atoms with Crippen molar-refractivity contribution < 1.29 is 23.7 Å². The Bertz CT molecular complexity index is 1280. The third-order valence-electron chi connectivity index (χ3n) is 7.58. The van der Waals surface area contributed by atoms with Gasteiger partial charge in [-0.1, -0.05) is 135 Å². The van der Waals surface area contributed by atoms with Crippen LogP contribution in [0.15, 0.2) is 121 Å². The predicted octanol–water partition coefficient (Wildman–Crippen LogP) is 7.38. The van der Waals surface area contributed by atoms with Crippen LogP contribution in [0.2, 0.25) is 0 Å². The zero-order chi connectivity index (χ0) is 29.0. The van der Waals surface area contributed by atoms with Gasteiger partial charge in [-0.25, -0.2) is 0 Å². The Kier molecular flexibility index (Phi) is 11.3.